The SMILES string of the molecule is CS(=O)(=O)CCNC12C[C](C1)C2. The number of nitrogens with one attached hydrogen (secondary N) is 1. The summed E-state index contributed by atoms with van der Waals surface area (Å²) in [4.78, 5) is 0. The molecule has 3 aliphatic rings. The van der Waals surface area contributed by atoms with Crippen molar-refractivity contribution in [2.75, 3.05) is 18.6 Å². The maximum Gasteiger partial charge on any atom is 0.148 e. The van der Waals surface area contributed by atoms with Gasteiger partial charge in [0.25, 0.3) is 0 Å². The van der Waals surface area contributed by atoms with Crippen LogP contribution in [0.2, 0.25) is 0 Å². The molecule has 3 nitrogen and oxygen atoms in total. The van der Waals surface area contributed by atoms with E-state index in [9.17, 15) is 8.42 Å². The molecule has 4 heteroatoms. The minimum Gasteiger partial charge on any atom is -0.310 e. The Morgan fingerprint density at radius 3 is 2.33 bits per heavy atom. The van der Waals surface area contributed by atoms with Crippen LogP contribution in [0.25, 0.3) is 0 Å². The second-order valence-corrected chi connectivity index (χ2v) is 6.38. The molecule has 12 heavy (non-hydrogen) atoms. The smallest absolute Gasteiger partial charge is 0.148 e. The second-order valence-electron chi connectivity index (χ2n) is 4.12. The summed E-state index contributed by atoms with van der Waals surface area (Å²) in [6.07, 6.45) is 4.86. The van der Waals surface area contributed by atoms with Gasteiger partial charge in [0.05, 0.1) is 5.75 Å². The molecule has 0 spiro atoms. The Kier molecular flexibility index (Phi) is 1.74. The van der Waals surface area contributed by atoms with Crippen LogP contribution in [0, 0.1) is 5.92 Å². The molecule has 0 unspecified atom stereocenters. The van der Waals surface area contributed by atoms with Gasteiger partial charge in [-0.15, -0.1) is 0 Å². The van der Waals surface area contributed by atoms with Gasteiger partial charge in [-0.1, -0.05) is 0 Å². The monoisotopic (exact) mass is 188 g/mol. The average molecular weight is 188 g/mol. The zero-order valence-electron chi connectivity index (χ0n) is 7.26. The van der Waals surface area contributed by atoms with Gasteiger partial charge in [-0.05, 0) is 25.2 Å². The summed E-state index contributed by atoms with van der Waals surface area (Å²) in [5.41, 5.74) is 0.333. The van der Waals surface area contributed by atoms with Crippen molar-refractivity contribution in [2.45, 2.75) is 24.8 Å². The maximum atomic E-state index is 10.8. The first-order valence-electron chi connectivity index (χ1n) is 4.26. The van der Waals surface area contributed by atoms with Gasteiger partial charge in [0.1, 0.15) is 9.84 Å². The first kappa shape index (κ1) is 8.51. The zero-order valence-corrected chi connectivity index (χ0v) is 8.08. The molecule has 69 valence electrons. The summed E-state index contributed by atoms with van der Waals surface area (Å²) in [5.74, 6) is 1.91. The molecule has 1 N–H and O–H groups in total. The fourth-order valence-electron chi connectivity index (χ4n) is 1.97. The van der Waals surface area contributed by atoms with Crippen molar-refractivity contribution in [3.8, 4) is 0 Å². The van der Waals surface area contributed by atoms with Crippen LogP contribution < -0.4 is 5.32 Å². The van der Waals surface area contributed by atoms with Crippen molar-refractivity contribution in [1.82, 2.24) is 5.32 Å². The Balaban J connectivity index is 1.69. The maximum absolute atomic E-state index is 10.8. The highest BCUT2D eigenvalue weighted by Crippen LogP contribution is 2.58. The van der Waals surface area contributed by atoms with Crippen LogP contribution in [0.1, 0.15) is 19.3 Å². The normalized spacial score (nSPS) is 26.1. The molecule has 0 atom stereocenters. The summed E-state index contributed by atoms with van der Waals surface area (Å²) in [5, 5.41) is 3.32. The fourth-order valence-corrected chi connectivity index (χ4v) is 2.44. The molecule has 3 saturated carbocycles. The van der Waals surface area contributed by atoms with E-state index in [1.807, 2.05) is 0 Å². The Morgan fingerprint density at radius 2 is 2.00 bits per heavy atom. The van der Waals surface area contributed by atoms with Crippen LogP contribution in [0.15, 0.2) is 0 Å². The van der Waals surface area contributed by atoms with E-state index in [0.717, 1.165) is 0 Å². The van der Waals surface area contributed by atoms with Gasteiger partial charge >= 0.3 is 0 Å². The standard InChI is InChI=1S/C8H14NO2S/c1-12(10,11)3-2-9-8-4-7(5-8)6-8/h9H,2-6H2,1H3. The summed E-state index contributed by atoms with van der Waals surface area (Å²) in [6, 6.07) is 0. The van der Waals surface area contributed by atoms with E-state index in [-0.39, 0.29) is 5.75 Å². The first-order valence-corrected chi connectivity index (χ1v) is 6.32. The van der Waals surface area contributed by atoms with Crippen LogP contribution in [0.3, 0.4) is 0 Å². The molecule has 3 fully saturated rings. The van der Waals surface area contributed by atoms with Crippen molar-refractivity contribution in [3.05, 3.63) is 5.92 Å². The lowest BCUT2D eigenvalue weighted by Gasteiger charge is -2.61. The highest BCUT2D eigenvalue weighted by molar-refractivity contribution is 7.90. The molecule has 0 aromatic carbocycles. The Morgan fingerprint density at radius 1 is 1.42 bits per heavy atom. The average Bonchev–Trinajstić information content (AvgIpc) is 1.69. The number of sulfone groups is 1. The topological polar surface area (TPSA) is 46.2 Å². The van der Waals surface area contributed by atoms with Crippen molar-refractivity contribution >= 4 is 9.84 Å². The quantitative estimate of drug-likeness (QED) is 0.682. The third-order valence-corrected chi connectivity index (χ3v) is 3.68. The van der Waals surface area contributed by atoms with E-state index >= 15 is 0 Å². The van der Waals surface area contributed by atoms with Crippen molar-refractivity contribution in [2.24, 2.45) is 0 Å². The molecular weight excluding hydrogens is 174 g/mol. The van der Waals surface area contributed by atoms with Gasteiger partial charge in [0.15, 0.2) is 0 Å². The lowest BCUT2D eigenvalue weighted by molar-refractivity contribution is 0.0853. The van der Waals surface area contributed by atoms with Crippen LogP contribution in [-0.4, -0.2) is 32.5 Å². The van der Waals surface area contributed by atoms with E-state index in [0.29, 0.717) is 12.1 Å². The van der Waals surface area contributed by atoms with E-state index in [4.69, 9.17) is 0 Å². The van der Waals surface area contributed by atoms with E-state index < -0.39 is 9.84 Å². The lowest BCUT2D eigenvalue weighted by Crippen LogP contribution is -2.66. The highest BCUT2D eigenvalue weighted by Gasteiger charge is 2.56. The summed E-state index contributed by atoms with van der Waals surface area (Å²) < 4.78 is 21.6. The molecule has 0 aliphatic heterocycles. The first-order chi connectivity index (χ1) is 5.49. The molecule has 0 aromatic rings. The third-order valence-electron chi connectivity index (χ3n) is 2.74. The van der Waals surface area contributed by atoms with Gasteiger partial charge in [0.2, 0.25) is 0 Å². The minimum atomic E-state index is -2.78. The van der Waals surface area contributed by atoms with Gasteiger partial charge in [-0.25, -0.2) is 8.42 Å². The number of hydrogen-bond donors (Lipinski definition) is 1. The van der Waals surface area contributed by atoms with Crippen LogP contribution in [0.4, 0.5) is 0 Å². The van der Waals surface area contributed by atoms with Gasteiger partial charge in [-0.2, -0.15) is 0 Å². The molecule has 3 rings (SSSR count). The summed E-state index contributed by atoms with van der Waals surface area (Å²) >= 11 is 0. The summed E-state index contributed by atoms with van der Waals surface area (Å²) in [6.45, 7) is 0.617. The number of hydrogen-bond acceptors (Lipinski definition) is 3. The van der Waals surface area contributed by atoms with Crippen LogP contribution in [0.5, 0.6) is 0 Å². The molecule has 0 aromatic heterocycles. The van der Waals surface area contributed by atoms with E-state index in [1.54, 1.807) is 5.92 Å². The fraction of sp³-hybridized carbons (Fsp3) is 0.875. The van der Waals surface area contributed by atoms with Crippen molar-refractivity contribution < 1.29 is 8.42 Å². The van der Waals surface area contributed by atoms with E-state index in [1.165, 1.54) is 25.5 Å². The van der Waals surface area contributed by atoms with Crippen LogP contribution in [-0.2, 0) is 9.84 Å². The van der Waals surface area contributed by atoms with Crippen molar-refractivity contribution in [1.29, 1.82) is 0 Å². The largest absolute Gasteiger partial charge is 0.310 e. The van der Waals surface area contributed by atoms with Crippen LogP contribution >= 0.6 is 0 Å². The summed E-state index contributed by atoms with van der Waals surface area (Å²) in [7, 11) is -2.78. The minimum absolute atomic E-state index is 0.268. The van der Waals surface area contributed by atoms with Crippen molar-refractivity contribution in [3.63, 3.8) is 0 Å². The zero-order chi connectivity index (χ0) is 8.82. The van der Waals surface area contributed by atoms with Gasteiger partial charge < -0.3 is 5.32 Å². The third kappa shape index (κ3) is 1.50. The second kappa shape index (κ2) is 2.45. The van der Waals surface area contributed by atoms with Gasteiger partial charge in [0, 0.05) is 18.3 Å². The molecule has 0 amide bonds. The Labute approximate surface area is 73.5 Å². The Bertz CT molecular complexity index is 266. The molecule has 2 bridgehead atoms. The molecule has 0 heterocycles. The highest BCUT2D eigenvalue weighted by atomic mass is 32.2. The molecule has 3 aliphatic carbocycles. The number of rotatable bonds is 4. The predicted molar refractivity (Wildman–Crippen MR) is 47.5 cm³/mol. The molecular formula is C8H14NO2S. The molecule has 0 saturated heterocycles. The predicted octanol–water partition coefficient (Wildman–Crippen LogP) is 0.131. The lowest BCUT2D eigenvalue weighted by atomic mass is 9.50. The molecule has 1 radical (unpaired) electrons. The van der Waals surface area contributed by atoms with E-state index in [2.05, 4.69) is 5.32 Å². The Hall–Kier alpha value is -0.0900. The van der Waals surface area contributed by atoms with Gasteiger partial charge in [-0.3, -0.25) is 0 Å².